The second kappa shape index (κ2) is 8.23. The maximum Gasteiger partial charge on any atom is 0.267 e. The second-order valence-electron chi connectivity index (χ2n) is 10.6. The van der Waals surface area contributed by atoms with Crippen LogP contribution in [-0.4, -0.2) is 44.2 Å². The number of piperazine rings is 1. The molecule has 1 aromatic heterocycles. The molecule has 2 N–H and O–H groups in total. The number of carbonyl (C=O) groups is 1. The quantitative estimate of drug-likeness (QED) is 0.750. The molecule has 7 rings (SSSR count). The number of hydrogen-bond acceptors (Lipinski definition) is 5. The van der Waals surface area contributed by atoms with Crippen molar-refractivity contribution in [2.75, 3.05) is 43.1 Å². The molecule has 2 aromatic rings. The van der Waals surface area contributed by atoms with Gasteiger partial charge in [-0.15, -0.1) is 0 Å². The molecule has 0 spiro atoms. The Hall–Kier alpha value is -2.76. The number of ether oxygens (including phenoxy) is 1. The largest absolute Gasteiger partial charge is 0.497 e. The lowest BCUT2D eigenvalue weighted by atomic mass is 9.50. The van der Waals surface area contributed by atoms with E-state index in [-0.39, 0.29) is 5.91 Å². The summed E-state index contributed by atoms with van der Waals surface area (Å²) < 4.78 is 5.27. The third-order valence-corrected chi connectivity index (χ3v) is 8.77. The third-order valence-electron chi connectivity index (χ3n) is 8.77. The van der Waals surface area contributed by atoms with Gasteiger partial charge in [-0.3, -0.25) is 4.79 Å². The first-order valence-electron chi connectivity index (χ1n) is 12.5. The highest BCUT2D eigenvalue weighted by Gasteiger charge is 2.49. The fraction of sp³-hybridized carbons (Fsp3) is 0.556. The molecule has 0 atom stereocenters. The van der Waals surface area contributed by atoms with E-state index >= 15 is 0 Å². The van der Waals surface area contributed by atoms with Crippen molar-refractivity contribution in [1.82, 2.24) is 4.98 Å². The van der Waals surface area contributed by atoms with E-state index in [1.165, 1.54) is 37.8 Å². The number of rotatable bonds is 5. The zero-order valence-corrected chi connectivity index (χ0v) is 19.5. The number of aromatic nitrogens is 1. The van der Waals surface area contributed by atoms with E-state index in [1.807, 2.05) is 12.1 Å². The first-order chi connectivity index (χ1) is 16.1. The Kier molecular flexibility index (Phi) is 5.19. The summed E-state index contributed by atoms with van der Waals surface area (Å²) in [6.45, 7) is 3.57. The minimum atomic E-state index is -0.377. The molecule has 6 heteroatoms. The highest BCUT2D eigenvalue weighted by molar-refractivity contribution is 5.93. The first-order valence-corrected chi connectivity index (χ1v) is 12.5. The van der Waals surface area contributed by atoms with E-state index in [4.69, 9.17) is 15.5 Å². The van der Waals surface area contributed by atoms with Gasteiger partial charge in [-0.25, -0.2) is 4.98 Å². The lowest BCUT2D eigenvalue weighted by Gasteiger charge is -2.54. The standard InChI is InChI=1S/C27H34N4O2/c1-33-22-4-2-21(3-5-22)30-8-10-31(11-9-30)24-7-6-23(26(29-24)27(28)32)25-19-13-17-12-18(15-19)16-20(25)14-17/h2-7,17-20,25H,8-16H2,1H3,(H2,28,32). The summed E-state index contributed by atoms with van der Waals surface area (Å²) in [6, 6.07) is 12.5. The molecule has 4 bridgehead atoms. The normalized spacial score (nSPS) is 30.5. The Morgan fingerprint density at radius 1 is 0.879 bits per heavy atom. The molecule has 1 aromatic carbocycles. The van der Waals surface area contributed by atoms with E-state index in [0.29, 0.717) is 23.4 Å². The minimum Gasteiger partial charge on any atom is -0.497 e. The molecule has 4 aliphatic carbocycles. The van der Waals surface area contributed by atoms with Gasteiger partial charge in [0, 0.05) is 31.9 Å². The van der Waals surface area contributed by atoms with Crippen molar-refractivity contribution in [2.24, 2.45) is 29.4 Å². The van der Waals surface area contributed by atoms with Crippen molar-refractivity contribution in [1.29, 1.82) is 0 Å². The van der Waals surface area contributed by atoms with E-state index in [2.05, 4.69) is 34.1 Å². The molecule has 174 valence electrons. The number of benzene rings is 1. The molecule has 1 saturated heterocycles. The van der Waals surface area contributed by atoms with Crippen LogP contribution in [0.3, 0.4) is 0 Å². The third kappa shape index (κ3) is 3.73. The molecule has 1 aliphatic heterocycles. The molecular formula is C27H34N4O2. The summed E-state index contributed by atoms with van der Waals surface area (Å²) in [5.74, 6) is 5.09. The van der Waals surface area contributed by atoms with E-state index in [1.54, 1.807) is 7.11 Å². The van der Waals surface area contributed by atoms with Crippen molar-refractivity contribution in [2.45, 2.75) is 38.0 Å². The van der Waals surface area contributed by atoms with E-state index in [0.717, 1.165) is 55.1 Å². The Morgan fingerprint density at radius 2 is 1.48 bits per heavy atom. The van der Waals surface area contributed by atoms with Crippen molar-refractivity contribution >= 4 is 17.4 Å². The number of nitrogens with zero attached hydrogens (tertiary/aromatic N) is 3. The molecular weight excluding hydrogens is 412 g/mol. The summed E-state index contributed by atoms with van der Waals surface area (Å²) in [6.07, 6.45) is 6.73. The molecule has 5 fully saturated rings. The van der Waals surface area contributed by atoms with Gasteiger partial charge >= 0.3 is 0 Å². The van der Waals surface area contributed by atoms with Crippen molar-refractivity contribution in [3.05, 3.63) is 47.7 Å². The SMILES string of the molecule is COc1ccc(N2CCN(c3ccc(C4C5CC6CC(C5)CC4C6)c(C(N)=O)n3)CC2)cc1. The Morgan fingerprint density at radius 3 is 2.06 bits per heavy atom. The fourth-order valence-corrected chi connectivity index (χ4v) is 7.52. The summed E-state index contributed by atoms with van der Waals surface area (Å²) in [5.41, 5.74) is 8.73. The lowest BCUT2D eigenvalue weighted by Crippen LogP contribution is -2.47. The summed E-state index contributed by atoms with van der Waals surface area (Å²) in [7, 11) is 1.69. The number of methoxy groups -OCH3 is 1. The van der Waals surface area contributed by atoms with Crippen LogP contribution in [0.5, 0.6) is 5.75 Å². The minimum absolute atomic E-state index is 0.377. The predicted octanol–water partition coefficient (Wildman–Crippen LogP) is 4.06. The van der Waals surface area contributed by atoms with E-state index in [9.17, 15) is 4.79 Å². The van der Waals surface area contributed by atoms with Crippen LogP contribution in [0.2, 0.25) is 0 Å². The Bertz CT molecular complexity index is 1000. The zero-order valence-electron chi connectivity index (χ0n) is 19.5. The highest BCUT2D eigenvalue weighted by atomic mass is 16.5. The fourth-order valence-electron chi connectivity index (χ4n) is 7.52. The van der Waals surface area contributed by atoms with Crippen molar-refractivity contribution in [3.63, 3.8) is 0 Å². The Labute approximate surface area is 196 Å². The van der Waals surface area contributed by atoms with Crippen LogP contribution in [0, 0.1) is 23.7 Å². The summed E-state index contributed by atoms with van der Waals surface area (Å²) in [4.78, 5) is 22.0. The van der Waals surface area contributed by atoms with Gasteiger partial charge in [0.1, 0.15) is 17.3 Å². The average Bonchev–Trinajstić information content (AvgIpc) is 2.83. The molecule has 5 aliphatic rings. The highest BCUT2D eigenvalue weighted by Crippen LogP contribution is 2.60. The van der Waals surface area contributed by atoms with Crippen molar-refractivity contribution in [3.8, 4) is 5.75 Å². The zero-order chi connectivity index (χ0) is 22.5. The molecule has 6 nitrogen and oxygen atoms in total. The van der Waals surface area contributed by atoms with Crippen LogP contribution in [0.1, 0.15) is 54.1 Å². The summed E-state index contributed by atoms with van der Waals surface area (Å²) in [5, 5.41) is 0. The predicted molar refractivity (Wildman–Crippen MR) is 130 cm³/mol. The van der Waals surface area contributed by atoms with E-state index < -0.39 is 0 Å². The molecule has 33 heavy (non-hydrogen) atoms. The van der Waals surface area contributed by atoms with Crippen LogP contribution < -0.4 is 20.3 Å². The van der Waals surface area contributed by atoms with Crippen molar-refractivity contribution < 1.29 is 9.53 Å². The molecule has 2 heterocycles. The van der Waals surface area contributed by atoms with Gasteiger partial charge in [-0.2, -0.15) is 0 Å². The molecule has 0 radical (unpaired) electrons. The van der Waals surface area contributed by atoms with Crippen LogP contribution in [0.25, 0.3) is 0 Å². The van der Waals surface area contributed by atoms with Gasteiger partial charge in [0.25, 0.3) is 5.91 Å². The molecule has 0 unspecified atom stereocenters. The molecule has 1 amide bonds. The Balaban J connectivity index is 1.19. The first kappa shape index (κ1) is 20.8. The molecule has 4 saturated carbocycles. The number of amides is 1. The summed E-state index contributed by atoms with van der Waals surface area (Å²) >= 11 is 0. The maximum atomic E-state index is 12.5. The van der Waals surface area contributed by atoms with Crippen LogP contribution in [0.4, 0.5) is 11.5 Å². The number of carbonyl (C=O) groups excluding carboxylic acids is 1. The lowest BCUT2D eigenvalue weighted by molar-refractivity contribution is -0.00309. The topological polar surface area (TPSA) is 71.7 Å². The van der Waals surface area contributed by atoms with Crippen LogP contribution >= 0.6 is 0 Å². The van der Waals surface area contributed by atoms with Crippen LogP contribution in [0.15, 0.2) is 36.4 Å². The van der Waals surface area contributed by atoms with Gasteiger partial charge in [-0.05, 0) is 97.6 Å². The van der Waals surface area contributed by atoms with Gasteiger partial charge in [-0.1, -0.05) is 6.07 Å². The number of nitrogens with two attached hydrogens (primary N) is 1. The monoisotopic (exact) mass is 446 g/mol. The van der Waals surface area contributed by atoms with Crippen LogP contribution in [-0.2, 0) is 0 Å². The smallest absolute Gasteiger partial charge is 0.267 e. The van der Waals surface area contributed by atoms with Gasteiger partial charge < -0.3 is 20.3 Å². The number of pyridine rings is 1. The number of hydrogen-bond donors (Lipinski definition) is 1. The number of anilines is 2. The second-order valence-corrected chi connectivity index (χ2v) is 10.6. The number of primary amides is 1. The van der Waals surface area contributed by atoms with Gasteiger partial charge in [0.15, 0.2) is 0 Å². The average molecular weight is 447 g/mol. The maximum absolute atomic E-state index is 12.5. The van der Waals surface area contributed by atoms with Gasteiger partial charge in [0.05, 0.1) is 7.11 Å². The van der Waals surface area contributed by atoms with Gasteiger partial charge in [0.2, 0.25) is 0 Å².